The predicted molar refractivity (Wildman–Crippen MR) is 82.5 cm³/mol. The fraction of sp³-hybridized carbons (Fsp3) is 0.786. The Kier molecular flexibility index (Phi) is 5.40. The van der Waals surface area contributed by atoms with Crippen molar-refractivity contribution in [3.05, 3.63) is 12.3 Å². The van der Waals surface area contributed by atoms with Gasteiger partial charge < -0.3 is 5.32 Å². The normalized spacial score (nSPS) is 22.3. The van der Waals surface area contributed by atoms with E-state index in [1.54, 1.807) is 17.4 Å². The summed E-state index contributed by atoms with van der Waals surface area (Å²) >= 11 is 0. The van der Waals surface area contributed by atoms with Crippen LogP contribution in [0.4, 0.5) is 0 Å². The highest BCUT2D eigenvalue weighted by Gasteiger charge is 2.37. The zero-order valence-electron chi connectivity index (χ0n) is 13.1. The van der Waals surface area contributed by atoms with Gasteiger partial charge in [0.2, 0.25) is 0 Å². The lowest BCUT2D eigenvalue weighted by molar-refractivity contribution is 0.207. The fourth-order valence-corrected chi connectivity index (χ4v) is 4.84. The van der Waals surface area contributed by atoms with Crippen LogP contribution in [-0.2, 0) is 17.1 Å². The fourth-order valence-electron chi connectivity index (χ4n) is 2.97. The second-order valence-corrected chi connectivity index (χ2v) is 7.55. The molecule has 0 spiro atoms. The molecule has 6 nitrogen and oxygen atoms in total. The molecular formula is C14H26N4O2S. The second kappa shape index (κ2) is 6.89. The van der Waals surface area contributed by atoms with Crippen LogP contribution in [-0.4, -0.2) is 47.7 Å². The lowest BCUT2D eigenvalue weighted by atomic mass is 9.99. The largest absolute Gasteiger partial charge is 0.313 e. The minimum absolute atomic E-state index is 0.0187. The van der Waals surface area contributed by atoms with E-state index in [2.05, 4.69) is 24.3 Å². The first-order valence-electron chi connectivity index (χ1n) is 7.71. The number of aromatic nitrogens is 2. The highest BCUT2D eigenvalue weighted by Crippen LogP contribution is 2.26. The third-order valence-corrected chi connectivity index (χ3v) is 6.14. The number of piperidine rings is 1. The first-order valence-corrected chi connectivity index (χ1v) is 9.15. The van der Waals surface area contributed by atoms with Crippen LogP contribution < -0.4 is 5.32 Å². The molecule has 1 fully saturated rings. The van der Waals surface area contributed by atoms with E-state index in [0.29, 0.717) is 6.54 Å². The molecule has 120 valence electrons. The minimum Gasteiger partial charge on any atom is -0.313 e. The third kappa shape index (κ3) is 3.46. The van der Waals surface area contributed by atoms with Gasteiger partial charge in [-0.15, -0.1) is 0 Å². The second-order valence-electron chi connectivity index (χ2n) is 5.71. The molecule has 1 aromatic rings. The van der Waals surface area contributed by atoms with Gasteiger partial charge in [0.15, 0.2) is 5.03 Å². The maximum absolute atomic E-state index is 12.9. The molecule has 2 heterocycles. The highest BCUT2D eigenvalue weighted by molar-refractivity contribution is 7.89. The molecule has 7 heteroatoms. The zero-order valence-corrected chi connectivity index (χ0v) is 13.9. The molecule has 0 radical (unpaired) electrons. The van der Waals surface area contributed by atoms with Crippen molar-refractivity contribution in [1.82, 2.24) is 19.4 Å². The van der Waals surface area contributed by atoms with Gasteiger partial charge in [0.1, 0.15) is 0 Å². The predicted octanol–water partition coefficient (Wildman–Crippen LogP) is 1.35. The van der Waals surface area contributed by atoms with E-state index in [1.807, 2.05) is 0 Å². The molecule has 0 amide bonds. The van der Waals surface area contributed by atoms with Gasteiger partial charge in [-0.25, -0.2) is 8.42 Å². The van der Waals surface area contributed by atoms with Crippen LogP contribution in [0.15, 0.2) is 17.3 Å². The van der Waals surface area contributed by atoms with Gasteiger partial charge >= 0.3 is 0 Å². The Morgan fingerprint density at radius 1 is 1.48 bits per heavy atom. The third-order valence-electron chi connectivity index (χ3n) is 4.14. The number of rotatable bonds is 6. The molecule has 0 bridgehead atoms. The van der Waals surface area contributed by atoms with Crippen LogP contribution in [0.25, 0.3) is 0 Å². The summed E-state index contributed by atoms with van der Waals surface area (Å²) in [4.78, 5) is 0. The first-order chi connectivity index (χ1) is 9.98. The average Bonchev–Trinajstić information content (AvgIpc) is 2.91. The van der Waals surface area contributed by atoms with Crippen LogP contribution in [0.5, 0.6) is 0 Å². The van der Waals surface area contributed by atoms with E-state index < -0.39 is 10.0 Å². The van der Waals surface area contributed by atoms with E-state index in [0.717, 1.165) is 32.2 Å². The lowest BCUT2D eigenvalue weighted by Gasteiger charge is -2.38. The summed E-state index contributed by atoms with van der Waals surface area (Å²) < 4.78 is 28.9. The van der Waals surface area contributed by atoms with Crippen molar-refractivity contribution in [2.24, 2.45) is 7.05 Å². The van der Waals surface area contributed by atoms with Gasteiger partial charge in [-0.3, -0.25) is 4.68 Å². The average molecular weight is 314 g/mol. The highest BCUT2D eigenvalue weighted by atomic mass is 32.2. The van der Waals surface area contributed by atoms with Crippen LogP contribution in [0, 0.1) is 0 Å². The molecule has 1 aliphatic rings. The van der Waals surface area contributed by atoms with E-state index >= 15 is 0 Å². The maximum Gasteiger partial charge on any atom is 0.260 e. The van der Waals surface area contributed by atoms with Crippen molar-refractivity contribution >= 4 is 10.0 Å². The Hall–Kier alpha value is -0.920. The van der Waals surface area contributed by atoms with Gasteiger partial charge in [-0.2, -0.15) is 9.40 Å². The Balaban J connectivity index is 2.24. The quantitative estimate of drug-likeness (QED) is 0.861. The maximum atomic E-state index is 12.9. The van der Waals surface area contributed by atoms with Crippen molar-refractivity contribution in [1.29, 1.82) is 0 Å². The molecule has 2 unspecified atom stereocenters. The summed E-state index contributed by atoms with van der Waals surface area (Å²) in [5, 5.41) is 7.70. The summed E-state index contributed by atoms with van der Waals surface area (Å²) in [6, 6.07) is 1.75. The summed E-state index contributed by atoms with van der Waals surface area (Å²) in [6.45, 7) is 5.70. The van der Waals surface area contributed by atoms with E-state index in [1.165, 1.54) is 10.9 Å². The summed E-state index contributed by atoms with van der Waals surface area (Å²) in [7, 11) is -1.80. The standard InChI is InChI=1S/C14H26N4O2S/c1-4-9-15-12(2)13-7-5-6-11-18(13)21(19,20)14-8-10-16-17(14)3/h8,10,12-13,15H,4-7,9,11H2,1-3H3. The van der Waals surface area contributed by atoms with Crippen molar-refractivity contribution in [3.8, 4) is 0 Å². The van der Waals surface area contributed by atoms with Gasteiger partial charge in [0, 0.05) is 25.7 Å². The lowest BCUT2D eigenvalue weighted by Crippen LogP contribution is -2.53. The smallest absolute Gasteiger partial charge is 0.260 e. The van der Waals surface area contributed by atoms with Gasteiger partial charge in [0.25, 0.3) is 10.0 Å². The molecule has 2 rings (SSSR count). The van der Waals surface area contributed by atoms with Crippen LogP contribution in [0.1, 0.15) is 39.5 Å². The molecule has 1 aliphatic heterocycles. The topological polar surface area (TPSA) is 67.2 Å². The van der Waals surface area contributed by atoms with Crippen LogP contribution in [0.3, 0.4) is 0 Å². The minimum atomic E-state index is -3.47. The van der Waals surface area contributed by atoms with Crippen molar-refractivity contribution in [2.45, 2.75) is 56.6 Å². The number of hydrogen-bond donors (Lipinski definition) is 1. The van der Waals surface area contributed by atoms with E-state index in [9.17, 15) is 8.42 Å². The van der Waals surface area contributed by atoms with Crippen molar-refractivity contribution < 1.29 is 8.42 Å². The van der Waals surface area contributed by atoms with Crippen LogP contribution >= 0.6 is 0 Å². The molecule has 1 N–H and O–H groups in total. The molecule has 1 saturated heterocycles. The van der Waals surface area contributed by atoms with Gasteiger partial charge in [-0.05, 0) is 38.8 Å². The number of hydrogen-bond acceptors (Lipinski definition) is 4. The van der Waals surface area contributed by atoms with E-state index in [4.69, 9.17) is 0 Å². The molecule has 2 atom stereocenters. The Morgan fingerprint density at radius 2 is 2.24 bits per heavy atom. The Labute approximate surface area is 127 Å². The molecule has 0 saturated carbocycles. The van der Waals surface area contributed by atoms with Crippen molar-refractivity contribution in [2.75, 3.05) is 13.1 Å². The monoisotopic (exact) mass is 314 g/mol. The molecular weight excluding hydrogens is 288 g/mol. The molecule has 21 heavy (non-hydrogen) atoms. The number of sulfonamides is 1. The SMILES string of the molecule is CCCNC(C)C1CCCCN1S(=O)(=O)c1ccnn1C. The summed E-state index contributed by atoms with van der Waals surface area (Å²) in [5.74, 6) is 0. The van der Waals surface area contributed by atoms with Gasteiger partial charge in [-0.1, -0.05) is 13.3 Å². The molecule has 0 aliphatic carbocycles. The molecule has 0 aromatic carbocycles. The van der Waals surface area contributed by atoms with Crippen molar-refractivity contribution in [3.63, 3.8) is 0 Å². The Bertz CT molecular complexity index is 555. The Morgan fingerprint density at radius 3 is 2.86 bits per heavy atom. The zero-order chi connectivity index (χ0) is 15.5. The van der Waals surface area contributed by atoms with Crippen LogP contribution in [0.2, 0.25) is 0 Å². The summed E-state index contributed by atoms with van der Waals surface area (Å²) in [6.07, 6.45) is 5.50. The number of aryl methyl sites for hydroxylation is 1. The number of nitrogens with zero attached hydrogens (tertiary/aromatic N) is 3. The van der Waals surface area contributed by atoms with E-state index in [-0.39, 0.29) is 17.1 Å². The number of nitrogens with one attached hydrogen (secondary N) is 1. The molecule has 1 aromatic heterocycles. The summed E-state index contributed by atoms with van der Waals surface area (Å²) in [5.41, 5.74) is 0. The first kappa shape index (κ1) is 16.5. The van der Waals surface area contributed by atoms with Gasteiger partial charge in [0.05, 0.1) is 6.20 Å².